The number of likely N-dealkylation sites (tertiary alicyclic amines) is 1. The summed E-state index contributed by atoms with van der Waals surface area (Å²) in [4.78, 5) is 36.2. The highest BCUT2D eigenvalue weighted by atomic mass is 16.2. The summed E-state index contributed by atoms with van der Waals surface area (Å²) in [6.45, 7) is 4.06. The van der Waals surface area contributed by atoms with Crippen molar-refractivity contribution in [2.75, 3.05) is 6.54 Å². The second-order valence-electron chi connectivity index (χ2n) is 6.11. The van der Waals surface area contributed by atoms with Gasteiger partial charge in [-0.3, -0.25) is 19.3 Å². The molecule has 0 radical (unpaired) electrons. The third kappa shape index (κ3) is 3.23. The molecule has 0 N–H and O–H groups in total. The number of imide groups is 1. The van der Waals surface area contributed by atoms with Crippen molar-refractivity contribution in [1.82, 2.24) is 4.90 Å². The molecule has 2 rings (SSSR count). The van der Waals surface area contributed by atoms with E-state index < -0.39 is 0 Å². The van der Waals surface area contributed by atoms with E-state index in [4.69, 9.17) is 0 Å². The van der Waals surface area contributed by atoms with Crippen LogP contribution in [-0.2, 0) is 14.4 Å². The summed E-state index contributed by atoms with van der Waals surface area (Å²) < 4.78 is 0. The number of hydrogen-bond acceptors (Lipinski definition) is 3. The van der Waals surface area contributed by atoms with Gasteiger partial charge < -0.3 is 0 Å². The Labute approximate surface area is 114 Å². The van der Waals surface area contributed by atoms with Crippen molar-refractivity contribution in [2.45, 2.75) is 52.4 Å². The largest absolute Gasteiger partial charge is 0.300 e. The van der Waals surface area contributed by atoms with Crippen molar-refractivity contribution in [3.05, 3.63) is 0 Å². The zero-order valence-corrected chi connectivity index (χ0v) is 11.9. The molecule has 0 aromatic carbocycles. The molecule has 1 atom stereocenters. The van der Waals surface area contributed by atoms with Gasteiger partial charge in [-0.15, -0.1) is 0 Å². The van der Waals surface area contributed by atoms with Crippen LogP contribution in [0.3, 0.4) is 0 Å². The lowest BCUT2D eigenvalue weighted by molar-refractivity contribution is -0.139. The maximum Gasteiger partial charge on any atom is 0.232 e. The minimum Gasteiger partial charge on any atom is -0.300 e. The zero-order valence-electron chi connectivity index (χ0n) is 11.9. The summed E-state index contributed by atoms with van der Waals surface area (Å²) in [6.07, 6.45) is 5.31. The average molecular weight is 265 g/mol. The molecule has 2 aliphatic rings. The number of hydrogen-bond donors (Lipinski definition) is 0. The van der Waals surface area contributed by atoms with E-state index >= 15 is 0 Å². The molecule has 1 unspecified atom stereocenters. The minimum atomic E-state index is -0.138. The SMILES string of the molecule is CC(=O)C1CCC(CCN2C(=O)CC(C)C2=O)CC1. The molecule has 1 aliphatic carbocycles. The Morgan fingerprint density at radius 2 is 1.84 bits per heavy atom. The van der Waals surface area contributed by atoms with Gasteiger partial charge in [-0.2, -0.15) is 0 Å². The van der Waals surface area contributed by atoms with Crippen LogP contribution in [0, 0.1) is 17.8 Å². The molecular formula is C15H23NO3. The van der Waals surface area contributed by atoms with Crippen molar-refractivity contribution >= 4 is 17.6 Å². The highest BCUT2D eigenvalue weighted by molar-refractivity contribution is 6.03. The van der Waals surface area contributed by atoms with Gasteiger partial charge in [0, 0.05) is 24.8 Å². The number of nitrogens with zero attached hydrogens (tertiary/aromatic N) is 1. The lowest BCUT2D eigenvalue weighted by Crippen LogP contribution is -2.33. The highest BCUT2D eigenvalue weighted by Gasteiger charge is 2.35. The quantitative estimate of drug-likeness (QED) is 0.732. The Hall–Kier alpha value is -1.19. The van der Waals surface area contributed by atoms with Crippen LogP contribution in [0.2, 0.25) is 0 Å². The van der Waals surface area contributed by atoms with E-state index in [1.165, 1.54) is 4.90 Å². The van der Waals surface area contributed by atoms with Crippen molar-refractivity contribution < 1.29 is 14.4 Å². The maximum atomic E-state index is 11.8. The molecule has 1 aliphatic heterocycles. The lowest BCUT2D eigenvalue weighted by atomic mass is 9.79. The molecule has 2 fully saturated rings. The van der Waals surface area contributed by atoms with Crippen LogP contribution in [-0.4, -0.2) is 29.0 Å². The second-order valence-corrected chi connectivity index (χ2v) is 6.11. The highest BCUT2D eigenvalue weighted by Crippen LogP contribution is 2.32. The van der Waals surface area contributed by atoms with Gasteiger partial charge in [0.05, 0.1) is 0 Å². The van der Waals surface area contributed by atoms with E-state index in [-0.39, 0.29) is 23.7 Å². The van der Waals surface area contributed by atoms with Gasteiger partial charge in [0.1, 0.15) is 5.78 Å². The Bertz CT molecular complexity index is 383. The van der Waals surface area contributed by atoms with Gasteiger partial charge in [0.2, 0.25) is 11.8 Å². The van der Waals surface area contributed by atoms with E-state index in [0.29, 0.717) is 24.7 Å². The molecule has 1 heterocycles. The first-order chi connectivity index (χ1) is 8.99. The van der Waals surface area contributed by atoms with Gasteiger partial charge >= 0.3 is 0 Å². The molecule has 0 spiro atoms. The van der Waals surface area contributed by atoms with Crippen LogP contribution >= 0.6 is 0 Å². The third-order valence-electron chi connectivity index (χ3n) is 4.65. The third-order valence-corrected chi connectivity index (χ3v) is 4.65. The van der Waals surface area contributed by atoms with Gasteiger partial charge in [-0.05, 0) is 44.9 Å². The second kappa shape index (κ2) is 5.85. The molecule has 4 nitrogen and oxygen atoms in total. The molecule has 0 aromatic heterocycles. The fourth-order valence-electron chi connectivity index (χ4n) is 3.25. The predicted octanol–water partition coefficient (Wildman–Crippen LogP) is 2.17. The van der Waals surface area contributed by atoms with Crippen LogP contribution in [0.25, 0.3) is 0 Å². The molecule has 2 amide bonds. The van der Waals surface area contributed by atoms with E-state index in [2.05, 4.69) is 0 Å². The number of amides is 2. The van der Waals surface area contributed by atoms with Crippen LogP contribution in [0.4, 0.5) is 0 Å². The molecule has 1 saturated heterocycles. The molecule has 0 aromatic rings. The van der Waals surface area contributed by atoms with Crippen LogP contribution < -0.4 is 0 Å². The van der Waals surface area contributed by atoms with Crippen molar-refractivity contribution in [2.24, 2.45) is 17.8 Å². The minimum absolute atomic E-state index is 0.0116. The number of ketones is 1. The Morgan fingerprint density at radius 1 is 1.21 bits per heavy atom. The van der Waals surface area contributed by atoms with Crippen molar-refractivity contribution in [3.63, 3.8) is 0 Å². The molecule has 4 heteroatoms. The van der Waals surface area contributed by atoms with E-state index in [1.54, 1.807) is 6.92 Å². The summed E-state index contributed by atoms with van der Waals surface area (Å²) in [5.41, 5.74) is 0. The summed E-state index contributed by atoms with van der Waals surface area (Å²) >= 11 is 0. The Kier molecular flexibility index (Phi) is 4.38. The topological polar surface area (TPSA) is 54.5 Å². The van der Waals surface area contributed by atoms with Gasteiger partial charge in [0.15, 0.2) is 0 Å². The van der Waals surface area contributed by atoms with Crippen molar-refractivity contribution in [1.29, 1.82) is 0 Å². The van der Waals surface area contributed by atoms with Crippen LogP contribution in [0.1, 0.15) is 52.4 Å². The van der Waals surface area contributed by atoms with Gasteiger partial charge in [-0.25, -0.2) is 0 Å². The number of carbonyl (C=O) groups is 3. The fraction of sp³-hybridized carbons (Fsp3) is 0.800. The molecule has 0 bridgehead atoms. The predicted molar refractivity (Wildman–Crippen MR) is 71.2 cm³/mol. The monoisotopic (exact) mass is 265 g/mol. The van der Waals surface area contributed by atoms with Crippen LogP contribution in [0.15, 0.2) is 0 Å². The average Bonchev–Trinajstić information content (AvgIpc) is 2.62. The first kappa shape index (κ1) is 14.2. The molecule has 106 valence electrons. The Morgan fingerprint density at radius 3 is 2.32 bits per heavy atom. The van der Waals surface area contributed by atoms with E-state index in [1.807, 2.05) is 6.92 Å². The molecule has 1 saturated carbocycles. The summed E-state index contributed by atoms with van der Waals surface area (Å²) in [5, 5.41) is 0. The van der Waals surface area contributed by atoms with E-state index in [9.17, 15) is 14.4 Å². The zero-order chi connectivity index (χ0) is 14.0. The molecular weight excluding hydrogens is 242 g/mol. The smallest absolute Gasteiger partial charge is 0.232 e. The summed E-state index contributed by atoms with van der Waals surface area (Å²) in [5.74, 6) is 0.939. The first-order valence-corrected chi connectivity index (χ1v) is 7.33. The first-order valence-electron chi connectivity index (χ1n) is 7.33. The maximum absolute atomic E-state index is 11.8. The normalized spacial score (nSPS) is 31.9. The van der Waals surface area contributed by atoms with Crippen LogP contribution in [0.5, 0.6) is 0 Å². The number of rotatable bonds is 4. The fourth-order valence-corrected chi connectivity index (χ4v) is 3.25. The number of Topliss-reactive ketones (excluding diaryl/α,β-unsaturated/α-hetero) is 1. The molecule has 19 heavy (non-hydrogen) atoms. The van der Waals surface area contributed by atoms with Crippen molar-refractivity contribution in [3.8, 4) is 0 Å². The van der Waals surface area contributed by atoms with E-state index in [0.717, 1.165) is 32.1 Å². The number of carbonyl (C=O) groups excluding carboxylic acids is 3. The summed E-state index contributed by atoms with van der Waals surface area (Å²) in [6, 6.07) is 0. The summed E-state index contributed by atoms with van der Waals surface area (Å²) in [7, 11) is 0. The Balaban J connectivity index is 1.77. The standard InChI is InChI=1S/C15H23NO3/c1-10-9-14(18)16(15(10)19)8-7-12-3-5-13(6-4-12)11(2)17/h10,12-13H,3-9H2,1-2H3. The van der Waals surface area contributed by atoms with Gasteiger partial charge in [-0.1, -0.05) is 6.92 Å². The van der Waals surface area contributed by atoms with Gasteiger partial charge in [0.25, 0.3) is 0 Å². The lowest BCUT2D eigenvalue weighted by Gasteiger charge is -2.28.